The SMILES string of the molecule is Cc1csc(C[NH3+])n1. The third kappa shape index (κ3) is 1.05. The Labute approximate surface area is 52.4 Å². The largest absolute Gasteiger partial charge is 0.352 e. The van der Waals surface area contributed by atoms with Crippen LogP contribution in [0.4, 0.5) is 0 Å². The van der Waals surface area contributed by atoms with Gasteiger partial charge in [0.25, 0.3) is 0 Å². The maximum Gasteiger partial charge on any atom is 0.147 e. The van der Waals surface area contributed by atoms with E-state index < -0.39 is 0 Å². The van der Waals surface area contributed by atoms with Gasteiger partial charge in [-0.2, -0.15) is 0 Å². The summed E-state index contributed by atoms with van der Waals surface area (Å²) in [5, 5.41) is 3.17. The number of nitrogens with zero attached hydrogens (tertiary/aromatic N) is 1. The van der Waals surface area contributed by atoms with Crippen molar-refractivity contribution in [3.8, 4) is 0 Å². The van der Waals surface area contributed by atoms with Crippen LogP contribution in [0.15, 0.2) is 5.38 Å². The fourth-order valence-corrected chi connectivity index (χ4v) is 1.19. The van der Waals surface area contributed by atoms with Gasteiger partial charge in [0.05, 0.1) is 0 Å². The lowest BCUT2D eigenvalue weighted by molar-refractivity contribution is -0.386. The van der Waals surface area contributed by atoms with Gasteiger partial charge in [-0.3, -0.25) is 0 Å². The second kappa shape index (κ2) is 2.24. The van der Waals surface area contributed by atoms with Crippen LogP contribution in [-0.2, 0) is 6.54 Å². The summed E-state index contributed by atoms with van der Waals surface area (Å²) in [5.41, 5.74) is 4.82. The van der Waals surface area contributed by atoms with Gasteiger partial charge < -0.3 is 5.73 Å². The van der Waals surface area contributed by atoms with Crippen molar-refractivity contribution in [2.24, 2.45) is 0 Å². The van der Waals surface area contributed by atoms with Crippen LogP contribution in [0, 0.1) is 6.92 Å². The molecule has 2 nitrogen and oxygen atoms in total. The molecule has 0 aromatic carbocycles. The first kappa shape index (κ1) is 5.72. The molecule has 0 atom stereocenters. The predicted molar refractivity (Wildman–Crippen MR) is 33.4 cm³/mol. The van der Waals surface area contributed by atoms with Crippen LogP contribution in [0.5, 0.6) is 0 Å². The second-order valence-electron chi connectivity index (χ2n) is 1.63. The van der Waals surface area contributed by atoms with Crippen LogP contribution >= 0.6 is 11.3 Å². The summed E-state index contributed by atoms with van der Waals surface area (Å²) in [6.45, 7) is 2.81. The molecule has 8 heavy (non-hydrogen) atoms. The van der Waals surface area contributed by atoms with E-state index in [1.165, 1.54) is 0 Å². The molecular weight excluding hydrogens is 120 g/mol. The molecule has 1 aromatic heterocycles. The van der Waals surface area contributed by atoms with Gasteiger partial charge in [0.2, 0.25) is 0 Å². The number of hydrogen-bond donors (Lipinski definition) is 1. The van der Waals surface area contributed by atoms with Crippen LogP contribution in [0.1, 0.15) is 10.7 Å². The number of aromatic nitrogens is 1. The highest BCUT2D eigenvalue weighted by atomic mass is 32.1. The lowest BCUT2D eigenvalue weighted by Crippen LogP contribution is -2.47. The average molecular weight is 129 g/mol. The highest BCUT2D eigenvalue weighted by Gasteiger charge is 1.93. The fourth-order valence-electron chi connectivity index (χ4n) is 0.518. The normalized spacial score (nSPS) is 9.75. The minimum atomic E-state index is 0.818. The zero-order valence-electron chi connectivity index (χ0n) is 4.85. The number of rotatable bonds is 1. The summed E-state index contributed by atoms with van der Waals surface area (Å²) in [4.78, 5) is 4.19. The van der Waals surface area contributed by atoms with Gasteiger partial charge in [-0.15, -0.1) is 11.3 Å². The van der Waals surface area contributed by atoms with Crippen LogP contribution in [0.3, 0.4) is 0 Å². The van der Waals surface area contributed by atoms with E-state index in [0.29, 0.717) is 0 Å². The van der Waals surface area contributed by atoms with Gasteiger partial charge in [-0.25, -0.2) is 4.98 Å². The number of aryl methyl sites for hydroxylation is 1. The van der Waals surface area contributed by atoms with Crippen LogP contribution in [0.2, 0.25) is 0 Å². The molecule has 0 bridgehead atoms. The third-order valence-corrected chi connectivity index (χ3v) is 1.91. The van der Waals surface area contributed by atoms with E-state index >= 15 is 0 Å². The molecule has 0 spiro atoms. The molecule has 1 aromatic rings. The van der Waals surface area contributed by atoms with Crippen molar-refractivity contribution >= 4 is 11.3 Å². The van der Waals surface area contributed by atoms with E-state index in [1.54, 1.807) is 11.3 Å². The highest BCUT2D eigenvalue weighted by Crippen LogP contribution is 2.05. The maximum atomic E-state index is 4.19. The Kier molecular flexibility index (Phi) is 1.60. The molecule has 3 N–H and O–H groups in total. The molecule has 0 aliphatic heterocycles. The summed E-state index contributed by atoms with van der Waals surface area (Å²) >= 11 is 1.68. The van der Waals surface area contributed by atoms with Gasteiger partial charge >= 0.3 is 0 Å². The monoisotopic (exact) mass is 129 g/mol. The van der Waals surface area contributed by atoms with Crippen LogP contribution in [-0.4, -0.2) is 4.98 Å². The van der Waals surface area contributed by atoms with Gasteiger partial charge in [-0.1, -0.05) is 0 Å². The van der Waals surface area contributed by atoms with Gasteiger partial charge in [0, 0.05) is 11.1 Å². The summed E-state index contributed by atoms with van der Waals surface area (Å²) in [7, 11) is 0. The summed E-state index contributed by atoms with van der Waals surface area (Å²) in [6.07, 6.45) is 0. The summed E-state index contributed by atoms with van der Waals surface area (Å²) in [6, 6.07) is 0. The number of hydrogen-bond acceptors (Lipinski definition) is 2. The maximum absolute atomic E-state index is 4.19. The number of quaternary nitrogens is 1. The van der Waals surface area contributed by atoms with Crippen molar-refractivity contribution < 1.29 is 5.73 Å². The Morgan fingerprint density at radius 1 is 1.88 bits per heavy atom. The van der Waals surface area contributed by atoms with E-state index in [4.69, 9.17) is 0 Å². The molecule has 0 unspecified atom stereocenters. The molecule has 0 saturated carbocycles. The zero-order chi connectivity index (χ0) is 5.98. The van der Waals surface area contributed by atoms with Crippen molar-refractivity contribution in [3.05, 3.63) is 16.1 Å². The minimum absolute atomic E-state index is 0.818. The number of thiazole rings is 1. The van der Waals surface area contributed by atoms with Crippen molar-refractivity contribution in [1.82, 2.24) is 4.98 Å². The van der Waals surface area contributed by atoms with Gasteiger partial charge in [-0.05, 0) is 6.92 Å². The smallest absolute Gasteiger partial charge is 0.147 e. The van der Waals surface area contributed by atoms with Gasteiger partial charge in [0.15, 0.2) is 0 Å². The molecule has 1 heterocycles. The molecule has 0 radical (unpaired) electrons. The first-order valence-electron chi connectivity index (χ1n) is 2.53. The lowest BCUT2D eigenvalue weighted by Gasteiger charge is -1.77. The van der Waals surface area contributed by atoms with Gasteiger partial charge in [0.1, 0.15) is 11.6 Å². The molecule has 0 amide bonds. The minimum Gasteiger partial charge on any atom is -0.352 e. The fraction of sp³-hybridized carbons (Fsp3) is 0.400. The molecular formula is C5H9N2S+. The Morgan fingerprint density at radius 3 is 2.88 bits per heavy atom. The molecule has 0 saturated heterocycles. The molecule has 1 rings (SSSR count). The highest BCUT2D eigenvalue weighted by molar-refractivity contribution is 7.09. The summed E-state index contributed by atoms with van der Waals surface area (Å²) < 4.78 is 0. The van der Waals surface area contributed by atoms with E-state index in [2.05, 4.69) is 10.7 Å². The topological polar surface area (TPSA) is 40.5 Å². The Morgan fingerprint density at radius 2 is 2.62 bits per heavy atom. The Hall–Kier alpha value is -0.410. The average Bonchev–Trinajstić information content (AvgIpc) is 2.14. The van der Waals surface area contributed by atoms with Crippen molar-refractivity contribution in [1.29, 1.82) is 0 Å². The van der Waals surface area contributed by atoms with Crippen molar-refractivity contribution in [2.45, 2.75) is 13.5 Å². The second-order valence-corrected chi connectivity index (χ2v) is 2.58. The Balaban J connectivity index is 2.84. The van der Waals surface area contributed by atoms with Crippen LogP contribution < -0.4 is 5.73 Å². The molecule has 44 valence electrons. The van der Waals surface area contributed by atoms with E-state index in [1.807, 2.05) is 12.3 Å². The van der Waals surface area contributed by atoms with Crippen molar-refractivity contribution in [3.63, 3.8) is 0 Å². The third-order valence-electron chi connectivity index (χ3n) is 0.880. The molecule has 0 fully saturated rings. The molecule has 0 aliphatic rings. The lowest BCUT2D eigenvalue weighted by atomic mass is 10.6. The molecule has 0 aliphatic carbocycles. The first-order chi connectivity index (χ1) is 3.83. The zero-order valence-corrected chi connectivity index (χ0v) is 5.66. The summed E-state index contributed by atoms with van der Waals surface area (Å²) in [5.74, 6) is 0. The quantitative estimate of drug-likeness (QED) is 0.578. The van der Waals surface area contributed by atoms with Crippen LogP contribution in [0.25, 0.3) is 0 Å². The molecule has 3 heteroatoms. The predicted octanol–water partition coefficient (Wildman–Crippen LogP) is 0.193. The van der Waals surface area contributed by atoms with Crippen molar-refractivity contribution in [2.75, 3.05) is 0 Å². The van der Waals surface area contributed by atoms with E-state index in [-0.39, 0.29) is 0 Å². The first-order valence-corrected chi connectivity index (χ1v) is 3.41. The van der Waals surface area contributed by atoms with E-state index in [9.17, 15) is 0 Å². The Bertz CT molecular complexity index is 171. The standard InChI is InChI=1S/C5H8N2S/c1-4-3-8-5(2-6)7-4/h3H,2,6H2,1H3/p+1. The van der Waals surface area contributed by atoms with E-state index in [0.717, 1.165) is 17.2 Å².